The van der Waals surface area contributed by atoms with Gasteiger partial charge in [-0.05, 0) is 17.7 Å². The number of halogens is 2. The first-order valence-electron chi connectivity index (χ1n) is 5.98. The van der Waals surface area contributed by atoms with E-state index in [1.807, 2.05) is 0 Å². The topological polar surface area (TPSA) is 75.6 Å². The molecule has 0 bridgehead atoms. The lowest BCUT2D eigenvalue weighted by Gasteiger charge is -2.11. The summed E-state index contributed by atoms with van der Waals surface area (Å²) in [6.45, 7) is -0.0626. The molecule has 21 heavy (non-hydrogen) atoms. The van der Waals surface area contributed by atoms with Gasteiger partial charge in [-0.15, -0.1) is 11.8 Å². The van der Waals surface area contributed by atoms with E-state index >= 15 is 0 Å². The van der Waals surface area contributed by atoms with E-state index in [0.717, 1.165) is 5.56 Å². The molecule has 5 nitrogen and oxygen atoms in total. The molecule has 0 aliphatic rings. The minimum Gasteiger partial charge on any atom is -0.479 e. The molecule has 0 radical (unpaired) electrons. The van der Waals surface area contributed by atoms with Crippen LogP contribution in [0, 0.1) is 0 Å². The quantitative estimate of drug-likeness (QED) is 0.752. The number of methoxy groups -OCH3 is 1. The Hall–Kier alpha value is -0.950. The van der Waals surface area contributed by atoms with Crippen LogP contribution in [0.1, 0.15) is 5.56 Å². The fourth-order valence-electron chi connectivity index (χ4n) is 1.42. The molecule has 116 valence electrons. The Labute approximate surface area is 136 Å². The zero-order valence-electron chi connectivity index (χ0n) is 11.3. The lowest BCUT2D eigenvalue weighted by molar-refractivity contribution is -0.148. The summed E-state index contributed by atoms with van der Waals surface area (Å²) in [5, 5.41) is 12.4. The number of benzene rings is 1. The number of carbonyl (C=O) groups is 2. The van der Waals surface area contributed by atoms with E-state index in [2.05, 4.69) is 5.32 Å². The maximum absolute atomic E-state index is 11.6. The van der Waals surface area contributed by atoms with E-state index in [-0.39, 0.29) is 18.2 Å². The first kappa shape index (κ1) is 18.1. The third-order valence-electron chi connectivity index (χ3n) is 2.55. The van der Waals surface area contributed by atoms with Gasteiger partial charge in [-0.3, -0.25) is 4.79 Å². The van der Waals surface area contributed by atoms with Crippen LogP contribution < -0.4 is 5.32 Å². The largest absolute Gasteiger partial charge is 0.479 e. The van der Waals surface area contributed by atoms with Gasteiger partial charge < -0.3 is 15.2 Å². The van der Waals surface area contributed by atoms with Crippen LogP contribution in [0.2, 0.25) is 10.0 Å². The van der Waals surface area contributed by atoms with Crippen molar-refractivity contribution in [1.29, 1.82) is 0 Å². The summed E-state index contributed by atoms with van der Waals surface area (Å²) in [5.74, 6) is -0.600. The summed E-state index contributed by atoms with van der Waals surface area (Å²) >= 11 is 13.2. The number of ether oxygens (including phenoxy) is 1. The predicted octanol–water partition coefficient (Wildman–Crippen LogP) is 2.44. The van der Waals surface area contributed by atoms with Crippen LogP contribution in [-0.4, -0.2) is 42.5 Å². The standard InChI is InChI=1S/C13H15Cl2NO4S/c1-20-11(13(18)19)5-16-12(17)7-21-6-8-2-3-9(14)4-10(8)15/h2-4,11H,5-7H2,1H3,(H,16,17)(H,18,19). The fraction of sp³-hybridized carbons (Fsp3) is 0.385. The summed E-state index contributed by atoms with van der Waals surface area (Å²) in [6.07, 6.45) is -1.04. The van der Waals surface area contributed by atoms with Crippen LogP contribution in [-0.2, 0) is 20.1 Å². The van der Waals surface area contributed by atoms with Gasteiger partial charge in [-0.2, -0.15) is 0 Å². The molecule has 0 fully saturated rings. The Kier molecular flexibility index (Phi) is 7.88. The molecule has 1 amide bonds. The van der Waals surface area contributed by atoms with Crippen molar-refractivity contribution in [2.45, 2.75) is 11.9 Å². The third kappa shape index (κ3) is 6.56. The maximum atomic E-state index is 11.6. The van der Waals surface area contributed by atoms with Crippen molar-refractivity contribution in [2.24, 2.45) is 0 Å². The number of carboxylic acids is 1. The molecule has 1 unspecified atom stereocenters. The predicted molar refractivity (Wildman–Crippen MR) is 84.1 cm³/mol. The minimum atomic E-state index is -1.11. The molecule has 0 heterocycles. The first-order chi connectivity index (χ1) is 9.93. The molecule has 0 saturated heterocycles. The van der Waals surface area contributed by atoms with Gasteiger partial charge in [-0.1, -0.05) is 29.3 Å². The highest BCUT2D eigenvalue weighted by Crippen LogP contribution is 2.24. The number of aliphatic carboxylic acids is 1. The number of carboxylic acid groups (broad SMARTS) is 1. The number of hydrogen-bond donors (Lipinski definition) is 2. The van der Waals surface area contributed by atoms with Crippen LogP contribution in [0.3, 0.4) is 0 Å². The second-order valence-electron chi connectivity index (χ2n) is 4.10. The van der Waals surface area contributed by atoms with Gasteiger partial charge in [0.1, 0.15) is 0 Å². The van der Waals surface area contributed by atoms with Gasteiger partial charge in [0.15, 0.2) is 6.10 Å². The van der Waals surface area contributed by atoms with Gasteiger partial charge in [0.2, 0.25) is 5.91 Å². The van der Waals surface area contributed by atoms with E-state index in [4.69, 9.17) is 33.0 Å². The van der Waals surface area contributed by atoms with E-state index in [0.29, 0.717) is 15.8 Å². The average molecular weight is 352 g/mol. The van der Waals surface area contributed by atoms with Crippen molar-refractivity contribution < 1.29 is 19.4 Å². The van der Waals surface area contributed by atoms with Crippen LogP contribution in [0.5, 0.6) is 0 Å². The van der Waals surface area contributed by atoms with Crippen molar-refractivity contribution >= 4 is 46.8 Å². The van der Waals surface area contributed by atoms with Crippen LogP contribution in [0.4, 0.5) is 0 Å². The summed E-state index contributed by atoms with van der Waals surface area (Å²) in [4.78, 5) is 22.3. The van der Waals surface area contributed by atoms with Crippen molar-refractivity contribution in [3.8, 4) is 0 Å². The van der Waals surface area contributed by atoms with Crippen molar-refractivity contribution in [3.63, 3.8) is 0 Å². The maximum Gasteiger partial charge on any atom is 0.334 e. The van der Waals surface area contributed by atoms with Gasteiger partial charge in [0, 0.05) is 22.9 Å². The minimum absolute atomic E-state index is 0.0626. The Balaban J connectivity index is 2.32. The molecule has 8 heteroatoms. The zero-order chi connectivity index (χ0) is 15.8. The van der Waals surface area contributed by atoms with Gasteiger partial charge >= 0.3 is 5.97 Å². The molecule has 0 spiro atoms. The molecule has 0 saturated carbocycles. The Morgan fingerprint density at radius 2 is 2.14 bits per heavy atom. The van der Waals surface area contributed by atoms with Crippen LogP contribution >= 0.6 is 35.0 Å². The van der Waals surface area contributed by atoms with Crippen molar-refractivity contribution in [2.75, 3.05) is 19.4 Å². The highest BCUT2D eigenvalue weighted by atomic mass is 35.5. The fourth-order valence-corrected chi connectivity index (χ4v) is 2.84. The number of rotatable bonds is 8. The van der Waals surface area contributed by atoms with E-state index < -0.39 is 12.1 Å². The Morgan fingerprint density at radius 3 is 2.71 bits per heavy atom. The first-order valence-corrected chi connectivity index (χ1v) is 7.89. The highest BCUT2D eigenvalue weighted by molar-refractivity contribution is 7.99. The molecular weight excluding hydrogens is 337 g/mol. The van der Waals surface area contributed by atoms with E-state index in [9.17, 15) is 9.59 Å². The Morgan fingerprint density at radius 1 is 1.43 bits per heavy atom. The van der Waals surface area contributed by atoms with Crippen molar-refractivity contribution in [3.05, 3.63) is 33.8 Å². The molecule has 2 N–H and O–H groups in total. The highest BCUT2D eigenvalue weighted by Gasteiger charge is 2.17. The summed E-state index contributed by atoms with van der Waals surface area (Å²) in [6, 6.07) is 5.19. The number of hydrogen-bond acceptors (Lipinski definition) is 4. The molecule has 0 aromatic heterocycles. The van der Waals surface area contributed by atoms with Gasteiger partial charge in [0.25, 0.3) is 0 Å². The number of amides is 1. The zero-order valence-corrected chi connectivity index (χ0v) is 13.6. The monoisotopic (exact) mass is 351 g/mol. The van der Waals surface area contributed by atoms with Crippen LogP contribution in [0.25, 0.3) is 0 Å². The molecule has 0 aliphatic heterocycles. The Bertz CT molecular complexity index is 513. The molecule has 1 atom stereocenters. The number of thioether (sulfide) groups is 1. The molecule has 1 aromatic rings. The molecule has 1 aromatic carbocycles. The molecule has 1 rings (SSSR count). The summed E-state index contributed by atoms with van der Waals surface area (Å²) in [7, 11) is 1.28. The second-order valence-corrected chi connectivity index (χ2v) is 5.92. The number of nitrogens with one attached hydrogen (secondary N) is 1. The third-order valence-corrected chi connectivity index (χ3v) is 4.12. The normalized spacial score (nSPS) is 12.0. The summed E-state index contributed by atoms with van der Waals surface area (Å²) in [5.41, 5.74) is 0.888. The SMILES string of the molecule is COC(CNC(=O)CSCc1ccc(Cl)cc1Cl)C(=O)O. The lowest BCUT2D eigenvalue weighted by Crippen LogP contribution is -2.38. The van der Waals surface area contributed by atoms with Gasteiger partial charge in [0.05, 0.1) is 12.3 Å². The van der Waals surface area contributed by atoms with Crippen molar-refractivity contribution in [1.82, 2.24) is 5.32 Å². The second kappa shape index (κ2) is 9.15. The summed E-state index contributed by atoms with van der Waals surface area (Å²) < 4.78 is 4.71. The van der Waals surface area contributed by atoms with E-state index in [1.54, 1.807) is 18.2 Å². The number of carbonyl (C=O) groups excluding carboxylic acids is 1. The average Bonchev–Trinajstić information content (AvgIpc) is 2.41. The van der Waals surface area contributed by atoms with Gasteiger partial charge in [-0.25, -0.2) is 4.79 Å². The molecule has 0 aliphatic carbocycles. The van der Waals surface area contributed by atoms with Crippen LogP contribution in [0.15, 0.2) is 18.2 Å². The van der Waals surface area contributed by atoms with E-state index in [1.165, 1.54) is 18.9 Å². The smallest absolute Gasteiger partial charge is 0.334 e. The lowest BCUT2D eigenvalue weighted by atomic mass is 10.2. The molecular formula is C13H15Cl2NO4S.